The highest BCUT2D eigenvalue weighted by Crippen LogP contribution is 2.17. The fraction of sp³-hybridized carbons (Fsp3) is 0.647. The third-order valence-electron chi connectivity index (χ3n) is 4.28. The lowest BCUT2D eigenvalue weighted by molar-refractivity contribution is 0.167. The molecule has 1 saturated heterocycles. The van der Waals surface area contributed by atoms with Crippen LogP contribution in [0.2, 0.25) is 0 Å². The van der Waals surface area contributed by atoms with Gasteiger partial charge in [-0.25, -0.2) is 0 Å². The largest absolute Gasteiger partial charge is 0.308 e. The number of piperidine rings is 1. The van der Waals surface area contributed by atoms with Crippen LogP contribution < -0.4 is 5.32 Å². The summed E-state index contributed by atoms with van der Waals surface area (Å²) in [5.41, 5.74) is 1.41. The molecule has 2 rings (SSSR count). The van der Waals surface area contributed by atoms with E-state index in [1.54, 1.807) is 0 Å². The zero-order valence-electron chi connectivity index (χ0n) is 12.4. The minimum Gasteiger partial charge on any atom is -0.308 e. The first kappa shape index (κ1) is 14.5. The summed E-state index contributed by atoms with van der Waals surface area (Å²) in [5.74, 6) is 0. The van der Waals surface area contributed by atoms with Gasteiger partial charge < -0.3 is 5.32 Å². The Bertz CT molecular complexity index is 344. The van der Waals surface area contributed by atoms with Gasteiger partial charge in [0.2, 0.25) is 0 Å². The van der Waals surface area contributed by atoms with E-state index in [9.17, 15) is 0 Å². The number of likely N-dealkylation sites (tertiary alicyclic amines) is 1. The lowest BCUT2D eigenvalue weighted by Crippen LogP contribution is -2.43. The molecule has 1 aliphatic rings. The fourth-order valence-electron chi connectivity index (χ4n) is 2.98. The molecule has 2 nitrogen and oxygen atoms in total. The minimum absolute atomic E-state index is 0.494. The van der Waals surface area contributed by atoms with Crippen molar-refractivity contribution < 1.29 is 0 Å². The zero-order chi connectivity index (χ0) is 13.5. The highest BCUT2D eigenvalue weighted by atomic mass is 15.2. The van der Waals surface area contributed by atoms with Crippen molar-refractivity contribution in [2.45, 2.75) is 51.6 Å². The van der Waals surface area contributed by atoms with Gasteiger partial charge in [-0.15, -0.1) is 0 Å². The van der Waals surface area contributed by atoms with Crippen molar-refractivity contribution in [1.82, 2.24) is 10.2 Å². The number of hydrogen-bond acceptors (Lipinski definition) is 2. The van der Waals surface area contributed by atoms with E-state index in [0.29, 0.717) is 12.1 Å². The molecule has 0 aliphatic carbocycles. The van der Waals surface area contributed by atoms with E-state index in [4.69, 9.17) is 0 Å². The quantitative estimate of drug-likeness (QED) is 0.840. The molecular weight excluding hydrogens is 232 g/mol. The normalized spacial score (nSPS) is 20.1. The van der Waals surface area contributed by atoms with Crippen molar-refractivity contribution >= 4 is 0 Å². The molecule has 106 valence electrons. The monoisotopic (exact) mass is 260 g/mol. The van der Waals surface area contributed by atoms with Gasteiger partial charge in [0.25, 0.3) is 0 Å². The van der Waals surface area contributed by atoms with Crippen LogP contribution in [-0.2, 0) is 0 Å². The van der Waals surface area contributed by atoms with Gasteiger partial charge in [0.1, 0.15) is 0 Å². The smallest absolute Gasteiger partial charge is 0.0318 e. The van der Waals surface area contributed by atoms with Crippen LogP contribution in [-0.4, -0.2) is 30.6 Å². The second kappa shape index (κ2) is 7.66. The molecule has 2 heteroatoms. The molecule has 19 heavy (non-hydrogen) atoms. The molecule has 2 atom stereocenters. The van der Waals surface area contributed by atoms with Crippen LogP contribution in [0.3, 0.4) is 0 Å². The Kier molecular flexibility index (Phi) is 5.87. The summed E-state index contributed by atoms with van der Waals surface area (Å²) in [6.45, 7) is 8.27. The average Bonchev–Trinajstić information content (AvgIpc) is 2.49. The van der Waals surface area contributed by atoms with Crippen molar-refractivity contribution in [1.29, 1.82) is 0 Å². The Morgan fingerprint density at radius 3 is 2.42 bits per heavy atom. The highest BCUT2D eigenvalue weighted by Gasteiger charge is 2.17. The summed E-state index contributed by atoms with van der Waals surface area (Å²) in [7, 11) is 0. The van der Waals surface area contributed by atoms with Crippen LogP contribution in [0.25, 0.3) is 0 Å². The molecule has 0 radical (unpaired) electrons. The third-order valence-corrected chi connectivity index (χ3v) is 4.28. The van der Waals surface area contributed by atoms with Gasteiger partial charge in [0.15, 0.2) is 0 Å². The molecule has 1 aromatic carbocycles. The van der Waals surface area contributed by atoms with Crippen LogP contribution in [0, 0.1) is 0 Å². The van der Waals surface area contributed by atoms with E-state index in [-0.39, 0.29) is 0 Å². The molecule has 0 spiro atoms. The first-order valence-corrected chi connectivity index (χ1v) is 7.83. The molecule has 2 unspecified atom stereocenters. The number of nitrogens with zero attached hydrogens (tertiary/aromatic N) is 1. The number of benzene rings is 1. The maximum Gasteiger partial charge on any atom is 0.0318 e. The van der Waals surface area contributed by atoms with Gasteiger partial charge >= 0.3 is 0 Å². The van der Waals surface area contributed by atoms with Crippen LogP contribution in [0.15, 0.2) is 30.3 Å². The minimum atomic E-state index is 0.494. The number of rotatable bonds is 6. The second-order valence-electron chi connectivity index (χ2n) is 5.73. The summed E-state index contributed by atoms with van der Waals surface area (Å²) in [4.78, 5) is 2.63. The molecule has 1 aliphatic heterocycles. The van der Waals surface area contributed by atoms with Crippen LogP contribution >= 0.6 is 0 Å². The van der Waals surface area contributed by atoms with Crippen LogP contribution in [0.4, 0.5) is 0 Å². The van der Waals surface area contributed by atoms with Gasteiger partial charge in [-0.05, 0) is 44.8 Å². The summed E-state index contributed by atoms with van der Waals surface area (Å²) in [6.07, 6.45) is 5.31. The summed E-state index contributed by atoms with van der Waals surface area (Å²) in [5, 5.41) is 3.74. The Morgan fingerprint density at radius 1 is 1.11 bits per heavy atom. The first-order chi connectivity index (χ1) is 9.31. The van der Waals surface area contributed by atoms with Crippen molar-refractivity contribution in [2.24, 2.45) is 0 Å². The summed E-state index contributed by atoms with van der Waals surface area (Å²) >= 11 is 0. The first-order valence-electron chi connectivity index (χ1n) is 7.83. The third kappa shape index (κ3) is 4.32. The Morgan fingerprint density at radius 2 is 1.79 bits per heavy atom. The maximum atomic E-state index is 3.74. The van der Waals surface area contributed by atoms with Crippen LogP contribution in [0.1, 0.15) is 51.1 Å². The van der Waals surface area contributed by atoms with Crippen molar-refractivity contribution in [2.75, 3.05) is 19.6 Å². The Labute approximate surface area is 118 Å². The maximum absolute atomic E-state index is 3.74. The van der Waals surface area contributed by atoms with Gasteiger partial charge in [0.05, 0.1) is 0 Å². The molecule has 1 aromatic rings. The Balaban J connectivity index is 1.82. The van der Waals surface area contributed by atoms with Gasteiger partial charge in [-0.2, -0.15) is 0 Å². The van der Waals surface area contributed by atoms with Crippen molar-refractivity contribution in [3.8, 4) is 0 Å². The van der Waals surface area contributed by atoms with Crippen molar-refractivity contribution in [3.05, 3.63) is 35.9 Å². The van der Waals surface area contributed by atoms with Crippen LogP contribution in [0.5, 0.6) is 0 Å². The Hall–Kier alpha value is -0.860. The lowest BCUT2D eigenvalue weighted by Gasteiger charge is -2.33. The molecule has 0 amide bonds. The standard InChI is InChI=1S/C17H28N2/c1-3-17(16-10-6-4-7-11-16)18-14-15(2)19-12-8-5-9-13-19/h4,6-7,10-11,15,17-18H,3,5,8-9,12-14H2,1-2H3. The van der Waals surface area contributed by atoms with Crippen molar-refractivity contribution in [3.63, 3.8) is 0 Å². The molecule has 0 bridgehead atoms. The molecule has 1 heterocycles. The topological polar surface area (TPSA) is 15.3 Å². The summed E-state index contributed by atoms with van der Waals surface area (Å²) in [6, 6.07) is 12.0. The zero-order valence-corrected chi connectivity index (χ0v) is 12.4. The molecular formula is C17H28N2. The average molecular weight is 260 g/mol. The molecule has 0 saturated carbocycles. The number of hydrogen-bond donors (Lipinski definition) is 1. The van der Waals surface area contributed by atoms with E-state index in [1.165, 1.54) is 37.9 Å². The van der Waals surface area contributed by atoms with Gasteiger partial charge in [0, 0.05) is 18.6 Å². The second-order valence-corrected chi connectivity index (χ2v) is 5.73. The molecule has 1 fully saturated rings. The van der Waals surface area contributed by atoms with Gasteiger partial charge in [-0.3, -0.25) is 4.90 Å². The predicted octanol–water partition coefficient (Wildman–Crippen LogP) is 3.60. The van der Waals surface area contributed by atoms with E-state index in [2.05, 4.69) is 54.4 Å². The van der Waals surface area contributed by atoms with E-state index >= 15 is 0 Å². The lowest BCUT2D eigenvalue weighted by atomic mass is 10.0. The van der Waals surface area contributed by atoms with E-state index in [0.717, 1.165) is 13.0 Å². The fourth-order valence-corrected chi connectivity index (χ4v) is 2.98. The predicted molar refractivity (Wildman–Crippen MR) is 82.4 cm³/mol. The molecule has 0 aromatic heterocycles. The summed E-state index contributed by atoms with van der Waals surface area (Å²) < 4.78 is 0. The SMILES string of the molecule is CCC(NCC(C)N1CCCCC1)c1ccccc1. The van der Waals surface area contributed by atoms with Gasteiger partial charge in [-0.1, -0.05) is 43.7 Å². The van der Waals surface area contributed by atoms with E-state index < -0.39 is 0 Å². The molecule has 1 N–H and O–H groups in total. The highest BCUT2D eigenvalue weighted by molar-refractivity contribution is 5.18. The number of nitrogens with one attached hydrogen (secondary N) is 1. The van der Waals surface area contributed by atoms with E-state index in [1.807, 2.05) is 0 Å².